The summed E-state index contributed by atoms with van der Waals surface area (Å²) in [7, 11) is 0. The van der Waals surface area contributed by atoms with E-state index in [2.05, 4.69) is 45.5 Å². The Morgan fingerprint density at radius 3 is 1.75 bits per heavy atom. The van der Waals surface area contributed by atoms with Gasteiger partial charge in [0.25, 0.3) is 0 Å². The fourth-order valence-electron chi connectivity index (χ4n) is 2.83. The molecule has 3 rings (SSSR count). The summed E-state index contributed by atoms with van der Waals surface area (Å²) in [6.07, 6.45) is 0. The van der Waals surface area contributed by atoms with Crippen LogP contribution in [0.1, 0.15) is 28.8 Å². The quantitative estimate of drug-likeness (QED) is 0.638. The van der Waals surface area contributed by atoms with Crippen molar-refractivity contribution in [3.63, 3.8) is 0 Å². The van der Waals surface area contributed by atoms with E-state index < -0.39 is 0 Å². The van der Waals surface area contributed by atoms with Crippen LogP contribution in [0.5, 0.6) is 0 Å². The maximum atomic E-state index is 9.90. The van der Waals surface area contributed by atoms with E-state index in [1.165, 1.54) is 11.1 Å². The molecule has 3 aromatic rings. The Morgan fingerprint density at radius 2 is 1.21 bits per heavy atom. The molecule has 2 atom stereocenters. The van der Waals surface area contributed by atoms with Crippen molar-refractivity contribution in [3.05, 3.63) is 106 Å². The number of benzene rings is 3. The van der Waals surface area contributed by atoms with Crippen molar-refractivity contribution in [2.45, 2.75) is 12.1 Å². The third-order valence-electron chi connectivity index (χ3n) is 4.09. The zero-order chi connectivity index (χ0) is 16.8. The monoisotopic (exact) mass is 381 g/mol. The van der Waals surface area contributed by atoms with Crippen molar-refractivity contribution in [1.82, 2.24) is 5.32 Å². The Kier molecular flexibility index (Phi) is 5.81. The summed E-state index contributed by atoms with van der Waals surface area (Å²) < 4.78 is 1.06. The molecular weight excluding hydrogens is 362 g/mol. The Labute approximate surface area is 151 Å². The Bertz CT molecular complexity index is 744. The maximum absolute atomic E-state index is 9.90. The van der Waals surface area contributed by atoms with Gasteiger partial charge in [0.2, 0.25) is 0 Å². The number of aliphatic hydroxyl groups excluding tert-OH is 1. The summed E-state index contributed by atoms with van der Waals surface area (Å²) >= 11 is 3.49. The highest BCUT2D eigenvalue weighted by Crippen LogP contribution is 2.27. The average Bonchev–Trinajstić information content (AvgIpc) is 2.65. The lowest BCUT2D eigenvalue weighted by Crippen LogP contribution is -2.29. The summed E-state index contributed by atoms with van der Waals surface area (Å²) in [4.78, 5) is 0. The van der Waals surface area contributed by atoms with E-state index in [1.807, 2.05) is 60.7 Å². The molecular formula is C21H20BrNO. The van der Waals surface area contributed by atoms with Crippen LogP contribution in [0.15, 0.2) is 89.4 Å². The van der Waals surface area contributed by atoms with Gasteiger partial charge in [0, 0.05) is 4.47 Å². The summed E-state index contributed by atoms with van der Waals surface area (Å²) in [6, 6.07) is 28.6. The predicted octanol–water partition coefficient (Wildman–Crippen LogP) is 4.86. The minimum atomic E-state index is -0.125. The highest BCUT2D eigenvalue weighted by molar-refractivity contribution is 9.10. The minimum absolute atomic E-state index is 0.0108. The molecule has 0 saturated carbocycles. The molecule has 0 aromatic heterocycles. The molecule has 0 heterocycles. The summed E-state index contributed by atoms with van der Waals surface area (Å²) in [5, 5.41) is 13.5. The van der Waals surface area contributed by atoms with Crippen molar-refractivity contribution in [2.75, 3.05) is 6.61 Å². The lowest BCUT2D eigenvalue weighted by Gasteiger charge is -2.26. The first-order valence-electron chi connectivity index (χ1n) is 8.00. The molecule has 3 heteroatoms. The number of rotatable bonds is 6. The van der Waals surface area contributed by atoms with E-state index in [0.717, 1.165) is 10.0 Å². The molecule has 0 aliphatic carbocycles. The van der Waals surface area contributed by atoms with Gasteiger partial charge in [-0.25, -0.2) is 0 Å². The van der Waals surface area contributed by atoms with E-state index >= 15 is 0 Å². The number of hydrogen-bond acceptors (Lipinski definition) is 2. The molecule has 0 aliphatic heterocycles. The molecule has 0 fully saturated rings. The fraction of sp³-hybridized carbons (Fsp3) is 0.143. The molecule has 0 spiro atoms. The van der Waals surface area contributed by atoms with Gasteiger partial charge >= 0.3 is 0 Å². The Morgan fingerprint density at radius 1 is 0.708 bits per heavy atom. The Balaban J connectivity index is 1.94. The minimum Gasteiger partial charge on any atom is -0.394 e. The second kappa shape index (κ2) is 8.25. The Hall–Kier alpha value is -1.94. The van der Waals surface area contributed by atoms with Crippen molar-refractivity contribution in [1.29, 1.82) is 0 Å². The van der Waals surface area contributed by atoms with E-state index in [4.69, 9.17) is 0 Å². The molecule has 24 heavy (non-hydrogen) atoms. The predicted molar refractivity (Wildman–Crippen MR) is 102 cm³/mol. The van der Waals surface area contributed by atoms with Crippen molar-refractivity contribution in [3.8, 4) is 0 Å². The van der Waals surface area contributed by atoms with E-state index in [9.17, 15) is 5.11 Å². The third kappa shape index (κ3) is 4.12. The van der Waals surface area contributed by atoms with Gasteiger partial charge in [-0.05, 0) is 28.8 Å². The molecule has 0 unspecified atom stereocenters. The number of hydrogen-bond donors (Lipinski definition) is 2. The van der Waals surface area contributed by atoms with E-state index in [1.54, 1.807) is 0 Å². The van der Waals surface area contributed by atoms with Crippen LogP contribution < -0.4 is 5.32 Å². The van der Waals surface area contributed by atoms with Crippen LogP contribution in [0.4, 0.5) is 0 Å². The van der Waals surface area contributed by atoms with Crippen LogP contribution in [-0.4, -0.2) is 11.7 Å². The van der Waals surface area contributed by atoms with Crippen molar-refractivity contribution >= 4 is 15.9 Å². The molecule has 0 amide bonds. The molecule has 0 bridgehead atoms. The van der Waals surface area contributed by atoms with Gasteiger partial charge in [0.1, 0.15) is 0 Å². The van der Waals surface area contributed by atoms with Gasteiger partial charge < -0.3 is 5.11 Å². The second-order valence-electron chi connectivity index (χ2n) is 5.71. The van der Waals surface area contributed by atoms with Crippen molar-refractivity contribution < 1.29 is 5.11 Å². The molecule has 0 radical (unpaired) electrons. The van der Waals surface area contributed by atoms with Crippen LogP contribution in [0.2, 0.25) is 0 Å². The first kappa shape index (κ1) is 16.9. The van der Waals surface area contributed by atoms with Gasteiger partial charge in [-0.15, -0.1) is 0 Å². The second-order valence-corrected chi connectivity index (χ2v) is 6.62. The van der Waals surface area contributed by atoms with Crippen molar-refractivity contribution in [2.24, 2.45) is 0 Å². The van der Waals surface area contributed by atoms with Crippen LogP contribution >= 0.6 is 15.9 Å². The van der Waals surface area contributed by atoms with Gasteiger partial charge in [0.05, 0.1) is 18.7 Å². The number of aliphatic hydroxyl groups is 1. The van der Waals surface area contributed by atoms with Gasteiger partial charge in [0.15, 0.2) is 0 Å². The third-order valence-corrected chi connectivity index (χ3v) is 4.62. The van der Waals surface area contributed by atoms with Gasteiger partial charge in [-0.3, -0.25) is 5.32 Å². The zero-order valence-electron chi connectivity index (χ0n) is 13.3. The number of halogens is 1. The molecule has 3 aromatic carbocycles. The largest absolute Gasteiger partial charge is 0.394 e. The normalized spacial score (nSPS) is 13.4. The topological polar surface area (TPSA) is 32.3 Å². The number of nitrogens with one attached hydrogen (secondary N) is 1. The average molecular weight is 382 g/mol. The summed E-state index contributed by atoms with van der Waals surface area (Å²) in [5.74, 6) is 0. The summed E-state index contributed by atoms with van der Waals surface area (Å²) in [5.41, 5.74) is 3.42. The standard InChI is InChI=1S/C21H20BrNO/c22-19-13-11-18(12-14-19)21(17-9-5-2-6-10-17)23-20(15-24)16-7-3-1-4-8-16/h1-14,20-21,23-24H,15H2/t20-,21-/m1/s1. The molecule has 0 saturated heterocycles. The van der Waals surface area contributed by atoms with Gasteiger partial charge in [-0.1, -0.05) is 88.7 Å². The van der Waals surface area contributed by atoms with Crippen LogP contribution in [0.25, 0.3) is 0 Å². The molecule has 122 valence electrons. The highest BCUT2D eigenvalue weighted by Gasteiger charge is 2.19. The lowest BCUT2D eigenvalue weighted by molar-refractivity contribution is 0.238. The molecule has 0 aliphatic rings. The molecule has 2 nitrogen and oxygen atoms in total. The van der Waals surface area contributed by atoms with Crippen LogP contribution in [0, 0.1) is 0 Å². The maximum Gasteiger partial charge on any atom is 0.0626 e. The smallest absolute Gasteiger partial charge is 0.0626 e. The first-order valence-corrected chi connectivity index (χ1v) is 8.79. The van der Waals surface area contributed by atoms with Crippen LogP contribution in [-0.2, 0) is 0 Å². The van der Waals surface area contributed by atoms with E-state index in [0.29, 0.717) is 0 Å². The molecule has 2 N–H and O–H groups in total. The van der Waals surface area contributed by atoms with Crippen LogP contribution in [0.3, 0.4) is 0 Å². The highest BCUT2D eigenvalue weighted by atomic mass is 79.9. The zero-order valence-corrected chi connectivity index (χ0v) is 14.9. The first-order chi connectivity index (χ1) is 11.8. The SMILES string of the molecule is OC[C@@H](N[C@H](c1ccccc1)c1ccc(Br)cc1)c1ccccc1. The van der Waals surface area contributed by atoms with Gasteiger partial charge in [-0.2, -0.15) is 0 Å². The van der Waals surface area contributed by atoms with E-state index in [-0.39, 0.29) is 18.7 Å². The summed E-state index contributed by atoms with van der Waals surface area (Å²) in [6.45, 7) is 0.0455. The fourth-order valence-corrected chi connectivity index (χ4v) is 3.09. The lowest BCUT2D eigenvalue weighted by atomic mass is 9.96.